The molecule has 5 heteroatoms. The maximum Gasteiger partial charge on any atom is 0.322 e. The predicted molar refractivity (Wildman–Crippen MR) is 92.4 cm³/mol. The number of carbonyl (C=O) groups excluding carboxylic acids is 1. The third-order valence-electron chi connectivity index (χ3n) is 3.87. The van der Waals surface area contributed by atoms with Crippen LogP contribution >= 0.6 is 11.6 Å². The largest absolute Gasteiger partial charge is 0.468 e. The molecule has 1 aromatic heterocycles. The van der Waals surface area contributed by atoms with Crippen molar-refractivity contribution in [3.63, 3.8) is 0 Å². The fourth-order valence-electron chi connectivity index (χ4n) is 2.73. The average molecular weight is 329 g/mol. The maximum absolute atomic E-state index is 11.7. The summed E-state index contributed by atoms with van der Waals surface area (Å²) in [5.41, 5.74) is 9.92. The van der Waals surface area contributed by atoms with Crippen molar-refractivity contribution >= 4 is 28.5 Å². The van der Waals surface area contributed by atoms with Crippen LogP contribution in [-0.2, 0) is 16.0 Å². The Hall–Kier alpha value is -2.30. The number of aromatic nitrogens is 1. The van der Waals surface area contributed by atoms with Gasteiger partial charge in [0.25, 0.3) is 0 Å². The summed E-state index contributed by atoms with van der Waals surface area (Å²) in [4.78, 5) is 15.1. The van der Waals surface area contributed by atoms with E-state index in [0.717, 1.165) is 27.7 Å². The van der Waals surface area contributed by atoms with Crippen molar-refractivity contribution in [3.05, 3.63) is 59.1 Å². The molecular formula is C18H17ClN2O2. The van der Waals surface area contributed by atoms with Crippen LogP contribution in [0.5, 0.6) is 0 Å². The van der Waals surface area contributed by atoms with Crippen LogP contribution < -0.4 is 5.73 Å². The molecule has 3 rings (SSSR count). The van der Waals surface area contributed by atoms with E-state index in [1.165, 1.54) is 7.11 Å². The minimum atomic E-state index is -0.703. The molecule has 23 heavy (non-hydrogen) atoms. The number of fused-ring (bicyclic) bond motifs is 1. The summed E-state index contributed by atoms with van der Waals surface area (Å²) in [6, 6.07) is 14.8. The second kappa shape index (κ2) is 6.44. The topological polar surface area (TPSA) is 68.1 Å². The van der Waals surface area contributed by atoms with Crippen molar-refractivity contribution in [2.75, 3.05) is 7.11 Å². The highest BCUT2D eigenvalue weighted by molar-refractivity contribution is 6.30. The Morgan fingerprint density at radius 3 is 2.61 bits per heavy atom. The fourth-order valence-corrected chi connectivity index (χ4v) is 2.86. The fraction of sp³-hybridized carbons (Fsp3) is 0.167. The van der Waals surface area contributed by atoms with Gasteiger partial charge in [-0.15, -0.1) is 0 Å². The molecule has 0 fully saturated rings. The van der Waals surface area contributed by atoms with Crippen LogP contribution in [0.15, 0.2) is 48.5 Å². The Kier molecular flexibility index (Phi) is 4.37. The van der Waals surface area contributed by atoms with Gasteiger partial charge in [-0.2, -0.15) is 0 Å². The van der Waals surface area contributed by atoms with Crippen molar-refractivity contribution in [2.45, 2.75) is 12.5 Å². The van der Waals surface area contributed by atoms with E-state index in [0.29, 0.717) is 11.4 Å². The minimum Gasteiger partial charge on any atom is -0.468 e. The molecule has 1 unspecified atom stereocenters. The number of nitrogens with one attached hydrogen (secondary N) is 1. The lowest BCUT2D eigenvalue weighted by Crippen LogP contribution is -2.33. The first-order valence-electron chi connectivity index (χ1n) is 7.29. The van der Waals surface area contributed by atoms with Crippen molar-refractivity contribution < 1.29 is 9.53 Å². The Morgan fingerprint density at radius 1 is 1.22 bits per heavy atom. The molecule has 0 aliphatic rings. The number of aromatic amines is 1. The summed E-state index contributed by atoms with van der Waals surface area (Å²) in [6.07, 6.45) is 0.397. The minimum absolute atomic E-state index is 0.397. The molecule has 3 aromatic rings. The second-order valence-corrected chi connectivity index (χ2v) is 5.80. The van der Waals surface area contributed by atoms with E-state index in [1.54, 1.807) is 0 Å². The van der Waals surface area contributed by atoms with Gasteiger partial charge in [-0.3, -0.25) is 4.79 Å². The van der Waals surface area contributed by atoms with Crippen molar-refractivity contribution in [2.24, 2.45) is 5.73 Å². The first kappa shape index (κ1) is 15.6. The molecular weight excluding hydrogens is 312 g/mol. The number of nitrogens with two attached hydrogens (primary N) is 1. The molecule has 0 aliphatic heterocycles. The summed E-state index contributed by atoms with van der Waals surface area (Å²) >= 11 is 5.97. The van der Waals surface area contributed by atoms with E-state index in [4.69, 9.17) is 22.1 Å². The number of esters is 1. The predicted octanol–water partition coefficient (Wildman–Crippen LogP) is 3.53. The van der Waals surface area contributed by atoms with Crippen LogP contribution in [-0.4, -0.2) is 24.1 Å². The molecule has 0 spiro atoms. The number of hydrogen-bond acceptors (Lipinski definition) is 3. The Labute approximate surface area is 139 Å². The van der Waals surface area contributed by atoms with Crippen LogP contribution in [0.1, 0.15) is 5.56 Å². The van der Waals surface area contributed by atoms with Crippen molar-refractivity contribution in [1.82, 2.24) is 4.98 Å². The maximum atomic E-state index is 11.7. The van der Waals surface area contributed by atoms with Gasteiger partial charge in [0, 0.05) is 28.0 Å². The summed E-state index contributed by atoms with van der Waals surface area (Å²) < 4.78 is 4.74. The van der Waals surface area contributed by atoms with E-state index < -0.39 is 12.0 Å². The molecule has 1 heterocycles. The third-order valence-corrected chi connectivity index (χ3v) is 4.13. The zero-order valence-corrected chi connectivity index (χ0v) is 13.4. The molecule has 0 saturated heterocycles. The number of rotatable bonds is 4. The first-order valence-corrected chi connectivity index (χ1v) is 7.67. The summed E-state index contributed by atoms with van der Waals surface area (Å²) in [6.45, 7) is 0. The van der Waals surface area contributed by atoms with Gasteiger partial charge in [0.05, 0.1) is 7.11 Å². The molecule has 0 bridgehead atoms. The second-order valence-electron chi connectivity index (χ2n) is 5.36. The SMILES string of the molecule is COC(=O)C(N)Cc1c(-c2ccc(Cl)cc2)[nH]c2ccccc12. The Bertz CT molecular complexity index is 840. The number of hydrogen-bond donors (Lipinski definition) is 2. The highest BCUT2D eigenvalue weighted by Gasteiger charge is 2.20. The normalized spacial score (nSPS) is 12.3. The summed E-state index contributed by atoms with van der Waals surface area (Å²) in [5, 5.41) is 1.73. The third kappa shape index (κ3) is 3.09. The molecule has 0 saturated carbocycles. The molecule has 0 amide bonds. The molecule has 3 N–H and O–H groups in total. The number of methoxy groups -OCH3 is 1. The van der Waals surface area contributed by atoms with E-state index in [-0.39, 0.29) is 0 Å². The van der Waals surface area contributed by atoms with Crippen LogP contribution in [0.2, 0.25) is 5.02 Å². The van der Waals surface area contributed by atoms with Crippen LogP contribution in [0.3, 0.4) is 0 Å². The number of para-hydroxylation sites is 1. The van der Waals surface area contributed by atoms with Gasteiger partial charge in [-0.25, -0.2) is 0 Å². The molecule has 1 atom stereocenters. The quantitative estimate of drug-likeness (QED) is 0.720. The number of ether oxygens (including phenoxy) is 1. The van der Waals surface area contributed by atoms with Gasteiger partial charge in [0.2, 0.25) is 0 Å². The van der Waals surface area contributed by atoms with Gasteiger partial charge in [0.1, 0.15) is 6.04 Å². The molecule has 4 nitrogen and oxygen atoms in total. The van der Waals surface area contributed by atoms with Crippen LogP contribution in [0.4, 0.5) is 0 Å². The molecule has 2 aromatic carbocycles. The zero-order valence-electron chi connectivity index (χ0n) is 12.7. The number of benzene rings is 2. The van der Waals surface area contributed by atoms with Gasteiger partial charge in [-0.05, 0) is 29.3 Å². The van der Waals surface area contributed by atoms with Gasteiger partial charge in [0.15, 0.2) is 0 Å². The number of carbonyl (C=O) groups is 1. The monoisotopic (exact) mass is 328 g/mol. The number of H-pyrrole nitrogens is 1. The van der Waals surface area contributed by atoms with Crippen LogP contribution in [0, 0.1) is 0 Å². The van der Waals surface area contributed by atoms with E-state index in [2.05, 4.69) is 4.98 Å². The Balaban J connectivity index is 2.11. The summed E-state index contributed by atoms with van der Waals surface area (Å²) in [5.74, 6) is -0.419. The summed E-state index contributed by atoms with van der Waals surface area (Å²) in [7, 11) is 1.34. The lowest BCUT2D eigenvalue weighted by Gasteiger charge is -2.11. The average Bonchev–Trinajstić information content (AvgIpc) is 2.93. The van der Waals surface area contributed by atoms with Gasteiger partial charge >= 0.3 is 5.97 Å². The van der Waals surface area contributed by atoms with E-state index >= 15 is 0 Å². The van der Waals surface area contributed by atoms with Crippen LogP contribution in [0.25, 0.3) is 22.2 Å². The Morgan fingerprint density at radius 2 is 1.91 bits per heavy atom. The highest BCUT2D eigenvalue weighted by atomic mass is 35.5. The first-order chi connectivity index (χ1) is 11.1. The van der Waals surface area contributed by atoms with Crippen molar-refractivity contribution in [1.29, 1.82) is 0 Å². The molecule has 0 radical (unpaired) electrons. The standard InChI is InChI=1S/C18H17ClN2O2/c1-23-18(22)15(20)10-14-13-4-2-3-5-16(13)21-17(14)11-6-8-12(19)9-7-11/h2-9,15,21H,10,20H2,1H3. The van der Waals surface area contributed by atoms with Crippen molar-refractivity contribution in [3.8, 4) is 11.3 Å². The molecule has 0 aliphatic carbocycles. The lowest BCUT2D eigenvalue weighted by atomic mass is 9.99. The van der Waals surface area contributed by atoms with E-state index in [1.807, 2.05) is 48.5 Å². The van der Waals surface area contributed by atoms with Gasteiger partial charge < -0.3 is 15.5 Å². The molecule has 118 valence electrons. The highest BCUT2D eigenvalue weighted by Crippen LogP contribution is 2.31. The zero-order chi connectivity index (χ0) is 16.4. The van der Waals surface area contributed by atoms with E-state index in [9.17, 15) is 4.79 Å². The smallest absolute Gasteiger partial charge is 0.322 e. The lowest BCUT2D eigenvalue weighted by molar-refractivity contribution is -0.142. The number of halogens is 1. The van der Waals surface area contributed by atoms with Gasteiger partial charge in [-0.1, -0.05) is 41.9 Å².